The number of rotatable bonds is 2. The topological polar surface area (TPSA) is 88.0 Å². The summed E-state index contributed by atoms with van der Waals surface area (Å²) in [7, 11) is 0. The summed E-state index contributed by atoms with van der Waals surface area (Å²) >= 11 is 0. The third kappa shape index (κ3) is 3.17. The highest BCUT2D eigenvalue weighted by atomic mass is 16.2. The molecular formula is C18H19N7O. The quantitative estimate of drug-likeness (QED) is 0.691. The normalized spacial score (nSPS) is 14.7. The summed E-state index contributed by atoms with van der Waals surface area (Å²) < 4.78 is 0. The molecule has 1 amide bonds. The van der Waals surface area contributed by atoms with Gasteiger partial charge >= 0.3 is 0 Å². The van der Waals surface area contributed by atoms with Crippen LogP contribution >= 0.6 is 0 Å². The molecule has 132 valence electrons. The number of aryl methyl sites for hydroxylation is 2. The minimum Gasteiger partial charge on any atom is -0.337 e. The van der Waals surface area contributed by atoms with E-state index in [0.29, 0.717) is 37.2 Å². The molecule has 1 saturated heterocycles. The summed E-state index contributed by atoms with van der Waals surface area (Å²) in [4.78, 5) is 29.9. The second-order valence-electron chi connectivity index (χ2n) is 6.35. The summed E-state index contributed by atoms with van der Waals surface area (Å²) in [6.07, 6.45) is 0. The van der Waals surface area contributed by atoms with Gasteiger partial charge in [-0.15, -0.1) is 10.2 Å². The van der Waals surface area contributed by atoms with Crippen LogP contribution in [0.1, 0.15) is 22.0 Å². The van der Waals surface area contributed by atoms with Crippen LogP contribution < -0.4 is 4.90 Å². The maximum atomic E-state index is 12.7. The summed E-state index contributed by atoms with van der Waals surface area (Å²) in [6.45, 7) is 6.42. The highest BCUT2D eigenvalue weighted by Crippen LogP contribution is 2.14. The second-order valence-corrected chi connectivity index (χ2v) is 6.35. The number of nitrogens with zero attached hydrogens (tertiary/aromatic N) is 7. The van der Waals surface area contributed by atoms with E-state index in [0.717, 1.165) is 17.3 Å². The number of anilines is 1. The first-order valence-electron chi connectivity index (χ1n) is 8.56. The zero-order valence-corrected chi connectivity index (χ0v) is 14.8. The van der Waals surface area contributed by atoms with Gasteiger partial charge in [0.2, 0.25) is 11.8 Å². The van der Waals surface area contributed by atoms with E-state index in [1.54, 1.807) is 4.90 Å². The predicted molar refractivity (Wildman–Crippen MR) is 97.0 cm³/mol. The zero-order valence-electron chi connectivity index (χ0n) is 14.8. The fraction of sp³-hybridized carbons (Fsp3) is 0.333. The standard InChI is InChI=1S/C18H19N7O/c1-12-11-13(2)20-18(19-12)25-9-7-24(8-10-25)17(26)16-21-14-5-3-4-6-15(14)22-23-16/h3-6,11H,7-10H2,1-2H3. The highest BCUT2D eigenvalue weighted by Gasteiger charge is 2.25. The average molecular weight is 349 g/mol. The van der Waals surface area contributed by atoms with Crippen molar-refractivity contribution in [2.75, 3.05) is 31.1 Å². The number of fused-ring (bicyclic) bond motifs is 1. The van der Waals surface area contributed by atoms with Gasteiger partial charge < -0.3 is 9.80 Å². The molecule has 2 aromatic heterocycles. The number of carbonyl (C=O) groups is 1. The maximum Gasteiger partial charge on any atom is 0.293 e. The Hall–Kier alpha value is -3.16. The Kier molecular flexibility index (Phi) is 4.16. The summed E-state index contributed by atoms with van der Waals surface area (Å²) in [5, 5.41) is 8.08. The van der Waals surface area contributed by atoms with Crippen molar-refractivity contribution < 1.29 is 4.79 Å². The lowest BCUT2D eigenvalue weighted by Gasteiger charge is -2.34. The van der Waals surface area contributed by atoms with Gasteiger partial charge in [-0.3, -0.25) is 4.79 Å². The third-order valence-corrected chi connectivity index (χ3v) is 4.37. The molecule has 0 radical (unpaired) electrons. The molecule has 0 aliphatic carbocycles. The van der Waals surface area contributed by atoms with E-state index in [1.807, 2.05) is 44.2 Å². The monoisotopic (exact) mass is 349 g/mol. The summed E-state index contributed by atoms with van der Waals surface area (Å²) in [5.74, 6) is 0.669. The van der Waals surface area contributed by atoms with E-state index in [4.69, 9.17) is 0 Å². The number of hydrogen-bond donors (Lipinski definition) is 0. The van der Waals surface area contributed by atoms with Crippen molar-refractivity contribution >= 4 is 22.9 Å². The van der Waals surface area contributed by atoms with Crippen LogP contribution in [-0.2, 0) is 0 Å². The molecule has 8 nitrogen and oxygen atoms in total. The SMILES string of the molecule is Cc1cc(C)nc(N2CCN(C(=O)c3nnc4ccccc4n3)CC2)n1. The minimum absolute atomic E-state index is 0.139. The van der Waals surface area contributed by atoms with Gasteiger partial charge in [0.15, 0.2) is 0 Å². The number of hydrogen-bond acceptors (Lipinski definition) is 7. The van der Waals surface area contributed by atoms with Crippen molar-refractivity contribution in [3.8, 4) is 0 Å². The number of para-hydroxylation sites is 1. The number of carbonyl (C=O) groups excluding carboxylic acids is 1. The molecule has 1 aromatic carbocycles. The molecule has 3 aromatic rings. The van der Waals surface area contributed by atoms with Crippen molar-refractivity contribution in [2.24, 2.45) is 0 Å². The summed E-state index contributed by atoms with van der Waals surface area (Å²) in [5.41, 5.74) is 3.25. The first kappa shape index (κ1) is 16.3. The molecule has 3 heterocycles. The van der Waals surface area contributed by atoms with Gasteiger partial charge in [-0.25, -0.2) is 15.0 Å². The lowest BCUT2D eigenvalue weighted by molar-refractivity contribution is 0.0733. The number of piperazine rings is 1. The largest absolute Gasteiger partial charge is 0.337 e. The van der Waals surface area contributed by atoms with Gasteiger partial charge in [-0.05, 0) is 32.0 Å². The molecule has 26 heavy (non-hydrogen) atoms. The Labute approximate surface area is 150 Å². The molecule has 0 spiro atoms. The number of amides is 1. The van der Waals surface area contributed by atoms with E-state index < -0.39 is 0 Å². The van der Waals surface area contributed by atoms with Crippen LogP contribution in [0.2, 0.25) is 0 Å². The maximum absolute atomic E-state index is 12.7. The first-order valence-corrected chi connectivity index (χ1v) is 8.56. The Bertz CT molecular complexity index is 946. The van der Waals surface area contributed by atoms with Crippen LogP contribution in [0.3, 0.4) is 0 Å². The van der Waals surface area contributed by atoms with Gasteiger partial charge in [0.05, 0.1) is 5.52 Å². The van der Waals surface area contributed by atoms with Crippen LogP contribution in [-0.4, -0.2) is 62.1 Å². The van der Waals surface area contributed by atoms with Gasteiger partial charge in [0, 0.05) is 37.6 Å². The Morgan fingerprint density at radius 1 is 0.885 bits per heavy atom. The number of benzene rings is 1. The van der Waals surface area contributed by atoms with Crippen LogP contribution in [0.15, 0.2) is 30.3 Å². The van der Waals surface area contributed by atoms with Crippen molar-refractivity contribution in [1.82, 2.24) is 30.0 Å². The average Bonchev–Trinajstić information content (AvgIpc) is 2.66. The van der Waals surface area contributed by atoms with Crippen molar-refractivity contribution in [1.29, 1.82) is 0 Å². The molecule has 0 unspecified atom stereocenters. The highest BCUT2D eigenvalue weighted by molar-refractivity contribution is 5.92. The lowest BCUT2D eigenvalue weighted by atomic mass is 10.3. The molecular weight excluding hydrogens is 330 g/mol. The van der Waals surface area contributed by atoms with Crippen LogP contribution in [0.5, 0.6) is 0 Å². The minimum atomic E-state index is -0.191. The van der Waals surface area contributed by atoms with Crippen molar-refractivity contribution in [3.63, 3.8) is 0 Å². The molecule has 4 rings (SSSR count). The molecule has 0 atom stereocenters. The summed E-state index contributed by atoms with van der Waals surface area (Å²) in [6, 6.07) is 9.35. The predicted octanol–water partition coefficient (Wildman–Crippen LogP) is 1.39. The van der Waals surface area contributed by atoms with E-state index in [-0.39, 0.29) is 11.7 Å². The molecule has 1 aliphatic rings. The van der Waals surface area contributed by atoms with Gasteiger partial charge in [0.25, 0.3) is 5.91 Å². The van der Waals surface area contributed by atoms with E-state index >= 15 is 0 Å². The van der Waals surface area contributed by atoms with Crippen LogP contribution in [0.25, 0.3) is 11.0 Å². The Morgan fingerprint density at radius 3 is 2.23 bits per heavy atom. The van der Waals surface area contributed by atoms with Crippen molar-refractivity contribution in [2.45, 2.75) is 13.8 Å². The fourth-order valence-corrected chi connectivity index (χ4v) is 3.07. The Morgan fingerprint density at radius 2 is 1.54 bits per heavy atom. The molecule has 8 heteroatoms. The zero-order chi connectivity index (χ0) is 18.1. The van der Waals surface area contributed by atoms with Gasteiger partial charge in [-0.2, -0.15) is 0 Å². The van der Waals surface area contributed by atoms with E-state index in [9.17, 15) is 4.79 Å². The van der Waals surface area contributed by atoms with Crippen molar-refractivity contribution in [3.05, 3.63) is 47.5 Å². The molecule has 1 aliphatic heterocycles. The van der Waals surface area contributed by atoms with Crippen LogP contribution in [0.4, 0.5) is 5.95 Å². The third-order valence-electron chi connectivity index (χ3n) is 4.37. The molecule has 0 bridgehead atoms. The molecule has 0 N–H and O–H groups in total. The molecule has 1 fully saturated rings. The first-order chi connectivity index (χ1) is 12.6. The lowest BCUT2D eigenvalue weighted by Crippen LogP contribution is -2.49. The van der Waals surface area contributed by atoms with Gasteiger partial charge in [-0.1, -0.05) is 12.1 Å². The number of aromatic nitrogens is 5. The van der Waals surface area contributed by atoms with E-state index in [2.05, 4.69) is 30.0 Å². The van der Waals surface area contributed by atoms with Gasteiger partial charge in [0.1, 0.15) is 5.52 Å². The van der Waals surface area contributed by atoms with E-state index in [1.165, 1.54) is 0 Å². The Balaban J connectivity index is 1.47. The van der Waals surface area contributed by atoms with Crippen LogP contribution in [0, 0.1) is 13.8 Å². The fourth-order valence-electron chi connectivity index (χ4n) is 3.07. The smallest absolute Gasteiger partial charge is 0.293 e. The second kappa shape index (κ2) is 6.62. The molecule has 0 saturated carbocycles.